The Hall–Kier alpha value is -2.29. The molecular weight excluding hydrogens is 287 g/mol. The molecule has 9 heteroatoms. The average Bonchev–Trinajstić information content (AvgIpc) is 2.85. The number of anilines is 1. The lowest BCUT2D eigenvalue weighted by Crippen LogP contribution is -2.12. The van der Waals surface area contributed by atoms with Crippen LogP contribution in [-0.4, -0.2) is 14.8 Å². The third-order valence-corrected chi connectivity index (χ3v) is 2.56. The van der Waals surface area contributed by atoms with E-state index in [-0.39, 0.29) is 11.7 Å². The van der Waals surface area contributed by atoms with Crippen LogP contribution in [0.3, 0.4) is 0 Å². The molecule has 0 fully saturated rings. The first-order valence-corrected chi connectivity index (χ1v) is 6.18. The number of ether oxygens (including phenoxy) is 1. The van der Waals surface area contributed by atoms with Crippen LogP contribution in [0.25, 0.3) is 0 Å². The first-order valence-electron chi connectivity index (χ1n) is 6.18. The third-order valence-electron chi connectivity index (χ3n) is 2.56. The Balaban J connectivity index is 2.25. The van der Waals surface area contributed by atoms with E-state index in [0.29, 0.717) is 12.3 Å². The van der Waals surface area contributed by atoms with Crippen molar-refractivity contribution in [1.29, 1.82) is 0 Å². The summed E-state index contributed by atoms with van der Waals surface area (Å²) in [6.07, 6.45) is -0.642. The van der Waals surface area contributed by atoms with Gasteiger partial charge in [0.05, 0.1) is 18.0 Å². The van der Waals surface area contributed by atoms with Crippen LogP contribution >= 0.6 is 0 Å². The van der Waals surface area contributed by atoms with E-state index in [1.165, 1.54) is 6.20 Å². The zero-order chi connectivity index (χ0) is 15.5. The van der Waals surface area contributed by atoms with Gasteiger partial charge in [0.15, 0.2) is 5.75 Å². The number of nitrogen functional groups attached to an aromatic ring is 1. The lowest BCUT2D eigenvalue weighted by Gasteiger charge is -2.10. The van der Waals surface area contributed by atoms with Crippen LogP contribution in [-0.2, 0) is 12.7 Å². The van der Waals surface area contributed by atoms with Gasteiger partial charge < -0.3 is 10.2 Å². The van der Waals surface area contributed by atoms with Gasteiger partial charge in [0, 0.05) is 12.6 Å². The van der Waals surface area contributed by atoms with E-state index < -0.39 is 11.7 Å². The highest BCUT2D eigenvalue weighted by Crippen LogP contribution is 2.33. The fraction of sp³-hybridized carbons (Fsp3) is 0.333. The van der Waals surface area contributed by atoms with Crippen molar-refractivity contribution in [3.8, 4) is 11.6 Å². The number of pyridine rings is 1. The summed E-state index contributed by atoms with van der Waals surface area (Å²) >= 11 is 0. The van der Waals surface area contributed by atoms with Gasteiger partial charge in [0.1, 0.15) is 5.82 Å². The summed E-state index contributed by atoms with van der Waals surface area (Å²) in [4.78, 5) is 3.82. The Labute approximate surface area is 118 Å². The maximum absolute atomic E-state index is 12.8. The molecule has 0 saturated heterocycles. The zero-order valence-corrected chi connectivity index (χ0v) is 11.2. The van der Waals surface area contributed by atoms with E-state index in [2.05, 4.69) is 15.5 Å². The van der Waals surface area contributed by atoms with Gasteiger partial charge in [-0.05, 0) is 12.5 Å². The molecule has 2 heterocycles. The summed E-state index contributed by atoms with van der Waals surface area (Å²) in [5, 5.41) is 4.02. The number of hydrogen-bond acceptors (Lipinski definition) is 5. The number of aryl methyl sites for hydroxylation is 1. The number of nitrogens with two attached hydrogens (primary N) is 1. The molecule has 0 bridgehead atoms. The fourth-order valence-corrected chi connectivity index (χ4v) is 1.66. The lowest BCUT2D eigenvalue weighted by molar-refractivity contribution is -0.137. The number of hydrogen-bond donors (Lipinski definition) is 2. The molecule has 0 aliphatic carbocycles. The monoisotopic (exact) mass is 301 g/mol. The third kappa shape index (κ3) is 3.85. The van der Waals surface area contributed by atoms with Crippen molar-refractivity contribution in [2.45, 2.75) is 26.1 Å². The minimum Gasteiger partial charge on any atom is -0.436 e. The maximum Gasteiger partial charge on any atom is 0.416 e. The van der Waals surface area contributed by atoms with Crippen molar-refractivity contribution in [2.24, 2.45) is 5.84 Å². The molecule has 3 N–H and O–H groups in total. The molecule has 0 spiro atoms. The summed E-state index contributed by atoms with van der Waals surface area (Å²) in [6.45, 7) is 2.67. The number of aromatic nitrogens is 3. The largest absolute Gasteiger partial charge is 0.436 e. The standard InChI is InChI=1S/C12H14F3N5O/c1-2-3-20-7-9(6-17-20)21-11-5-8(12(13,14)15)4-10(18-11)19-16/h4-7H,2-3,16H2,1H3,(H,18,19). The van der Waals surface area contributed by atoms with Crippen LogP contribution in [0.5, 0.6) is 11.6 Å². The second-order valence-electron chi connectivity index (χ2n) is 4.26. The Morgan fingerprint density at radius 1 is 1.38 bits per heavy atom. The van der Waals surface area contributed by atoms with Crippen LogP contribution in [0, 0.1) is 0 Å². The predicted molar refractivity (Wildman–Crippen MR) is 69.6 cm³/mol. The fourth-order valence-electron chi connectivity index (χ4n) is 1.66. The Morgan fingerprint density at radius 2 is 2.14 bits per heavy atom. The number of hydrazine groups is 1. The number of alkyl halides is 3. The van der Waals surface area contributed by atoms with E-state index in [1.807, 2.05) is 6.92 Å². The number of rotatable bonds is 5. The molecule has 0 unspecified atom stereocenters. The highest BCUT2D eigenvalue weighted by atomic mass is 19.4. The number of halogens is 3. The summed E-state index contributed by atoms with van der Waals surface area (Å²) in [5.41, 5.74) is 1.18. The van der Waals surface area contributed by atoms with Gasteiger partial charge in [-0.3, -0.25) is 4.68 Å². The molecule has 0 atom stereocenters. The van der Waals surface area contributed by atoms with Gasteiger partial charge in [0.2, 0.25) is 5.88 Å². The molecular formula is C12H14F3N5O. The average molecular weight is 301 g/mol. The van der Waals surface area contributed by atoms with Crippen molar-refractivity contribution < 1.29 is 17.9 Å². The van der Waals surface area contributed by atoms with E-state index in [9.17, 15) is 13.2 Å². The SMILES string of the molecule is CCCn1cc(Oc2cc(C(F)(F)F)cc(NN)n2)cn1. The van der Waals surface area contributed by atoms with Crippen molar-refractivity contribution >= 4 is 5.82 Å². The van der Waals surface area contributed by atoms with Gasteiger partial charge in [0.25, 0.3) is 0 Å². The number of nitrogens with one attached hydrogen (secondary N) is 1. The van der Waals surface area contributed by atoms with E-state index in [0.717, 1.165) is 18.6 Å². The van der Waals surface area contributed by atoms with Gasteiger partial charge in [-0.15, -0.1) is 0 Å². The predicted octanol–water partition coefficient (Wildman–Crippen LogP) is 2.78. The van der Waals surface area contributed by atoms with Crippen molar-refractivity contribution in [3.63, 3.8) is 0 Å². The summed E-state index contributed by atoms with van der Waals surface area (Å²) in [5.74, 6) is 5.07. The van der Waals surface area contributed by atoms with E-state index in [4.69, 9.17) is 10.6 Å². The molecule has 6 nitrogen and oxygen atoms in total. The molecule has 0 radical (unpaired) electrons. The molecule has 2 aromatic heterocycles. The van der Waals surface area contributed by atoms with Crippen molar-refractivity contribution in [1.82, 2.24) is 14.8 Å². The van der Waals surface area contributed by atoms with Crippen LogP contribution in [0.2, 0.25) is 0 Å². The minimum atomic E-state index is -4.51. The van der Waals surface area contributed by atoms with Gasteiger partial charge in [-0.1, -0.05) is 6.92 Å². The first-order chi connectivity index (χ1) is 9.92. The van der Waals surface area contributed by atoms with Gasteiger partial charge in [-0.2, -0.15) is 23.3 Å². The van der Waals surface area contributed by atoms with Crippen molar-refractivity contribution in [3.05, 3.63) is 30.1 Å². The zero-order valence-electron chi connectivity index (χ0n) is 11.2. The topological polar surface area (TPSA) is 78.0 Å². The second-order valence-corrected chi connectivity index (χ2v) is 4.26. The maximum atomic E-state index is 12.8. The van der Waals surface area contributed by atoms with Crippen LogP contribution in [0.1, 0.15) is 18.9 Å². The molecule has 2 aromatic rings. The molecule has 0 aromatic carbocycles. The quantitative estimate of drug-likeness (QED) is 0.656. The van der Waals surface area contributed by atoms with Gasteiger partial charge >= 0.3 is 6.18 Å². The highest BCUT2D eigenvalue weighted by molar-refractivity contribution is 5.42. The smallest absolute Gasteiger partial charge is 0.416 e. The summed E-state index contributed by atoms with van der Waals surface area (Å²) < 4.78 is 45.2. The van der Waals surface area contributed by atoms with Crippen LogP contribution in [0.4, 0.5) is 19.0 Å². The number of nitrogens with zero attached hydrogens (tertiary/aromatic N) is 3. The molecule has 0 aliphatic heterocycles. The van der Waals surface area contributed by atoms with Crippen LogP contribution in [0.15, 0.2) is 24.5 Å². The summed E-state index contributed by atoms with van der Waals surface area (Å²) in [7, 11) is 0. The normalized spacial score (nSPS) is 11.5. The Morgan fingerprint density at radius 3 is 2.76 bits per heavy atom. The first kappa shape index (κ1) is 15.1. The highest BCUT2D eigenvalue weighted by Gasteiger charge is 2.32. The molecule has 0 saturated carbocycles. The Kier molecular flexibility index (Phi) is 4.32. The molecule has 0 aliphatic rings. The molecule has 0 amide bonds. The van der Waals surface area contributed by atoms with E-state index in [1.54, 1.807) is 10.9 Å². The molecule has 114 valence electrons. The van der Waals surface area contributed by atoms with Crippen molar-refractivity contribution in [2.75, 3.05) is 5.43 Å². The Bertz CT molecular complexity index is 611. The molecule has 2 rings (SSSR count). The lowest BCUT2D eigenvalue weighted by atomic mass is 10.2. The van der Waals surface area contributed by atoms with Crippen LogP contribution < -0.4 is 16.0 Å². The second kappa shape index (κ2) is 6.00. The minimum absolute atomic E-state index is 0.138. The van der Waals surface area contributed by atoms with Gasteiger partial charge in [-0.25, -0.2) is 5.84 Å². The summed E-state index contributed by atoms with van der Waals surface area (Å²) in [6, 6.07) is 1.60. The van der Waals surface area contributed by atoms with E-state index >= 15 is 0 Å². The molecule has 21 heavy (non-hydrogen) atoms.